The van der Waals surface area contributed by atoms with Crippen molar-refractivity contribution in [1.82, 2.24) is 4.90 Å². The Morgan fingerprint density at radius 2 is 1.92 bits per heavy atom. The highest BCUT2D eigenvalue weighted by molar-refractivity contribution is 5.85. The van der Waals surface area contributed by atoms with Crippen molar-refractivity contribution < 1.29 is 4.79 Å². The Kier molecular flexibility index (Phi) is 3.48. The maximum Gasteiger partial charge on any atom is 0.152 e. The Bertz CT molecular complexity index is 185. The van der Waals surface area contributed by atoms with Crippen LogP contribution in [0.3, 0.4) is 0 Å². The molecule has 76 valence electrons. The molecule has 1 fully saturated rings. The summed E-state index contributed by atoms with van der Waals surface area (Å²) in [6.45, 7) is 9.16. The van der Waals surface area contributed by atoms with Crippen LogP contribution in [0.15, 0.2) is 0 Å². The molecule has 0 aromatic carbocycles. The predicted octanol–water partition coefficient (Wildman–Crippen LogP) is 2.08. The van der Waals surface area contributed by atoms with Gasteiger partial charge in [0, 0.05) is 12.0 Å². The fraction of sp³-hybridized carbons (Fsp3) is 0.909. The maximum absolute atomic E-state index is 11.7. The summed E-state index contributed by atoms with van der Waals surface area (Å²) in [5, 5.41) is 0. The average molecular weight is 183 g/mol. The zero-order valence-corrected chi connectivity index (χ0v) is 9.21. The molecule has 1 aliphatic carbocycles. The molecular formula is C11H21NO. The van der Waals surface area contributed by atoms with Gasteiger partial charge in [0.2, 0.25) is 0 Å². The Morgan fingerprint density at radius 3 is 2.23 bits per heavy atom. The molecule has 13 heavy (non-hydrogen) atoms. The van der Waals surface area contributed by atoms with E-state index in [2.05, 4.69) is 11.8 Å². The minimum Gasteiger partial charge on any atom is -0.298 e. The lowest BCUT2D eigenvalue weighted by molar-refractivity contribution is -0.126. The molecule has 0 saturated heterocycles. The third-order valence-corrected chi connectivity index (χ3v) is 2.86. The standard InChI is InChI=1S/C11H21NO/c1-5-12(10-6-7-10)9(4)11(13)8(2)3/h8-10H,5-7H2,1-4H3. The zero-order valence-electron chi connectivity index (χ0n) is 9.21. The molecule has 0 bridgehead atoms. The van der Waals surface area contributed by atoms with Crippen LogP contribution >= 0.6 is 0 Å². The van der Waals surface area contributed by atoms with Gasteiger partial charge in [-0.2, -0.15) is 0 Å². The van der Waals surface area contributed by atoms with Gasteiger partial charge in [-0.1, -0.05) is 20.8 Å². The van der Waals surface area contributed by atoms with Crippen LogP contribution in [0.1, 0.15) is 40.5 Å². The van der Waals surface area contributed by atoms with Gasteiger partial charge in [-0.25, -0.2) is 0 Å². The Labute approximate surface area is 81.3 Å². The monoisotopic (exact) mass is 183 g/mol. The summed E-state index contributed by atoms with van der Waals surface area (Å²) in [6.07, 6.45) is 2.56. The summed E-state index contributed by atoms with van der Waals surface area (Å²) >= 11 is 0. The highest BCUT2D eigenvalue weighted by Gasteiger charge is 2.34. The fourth-order valence-corrected chi connectivity index (χ4v) is 1.90. The highest BCUT2D eigenvalue weighted by Crippen LogP contribution is 2.28. The van der Waals surface area contributed by atoms with Crippen molar-refractivity contribution in [2.45, 2.75) is 52.6 Å². The molecule has 1 aliphatic rings. The van der Waals surface area contributed by atoms with Gasteiger partial charge < -0.3 is 0 Å². The van der Waals surface area contributed by atoms with E-state index in [0.29, 0.717) is 11.8 Å². The fourth-order valence-electron chi connectivity index (χ4n) is 1.90. The summed E-state index contributed by atoms with van der Waals surface area (Å²) in [5.41, 5.74) is 0. The van der Waals surface area contributed by atoms with Gasteiger partial charge in [0.25, 0.3) is 0 Å². The molecule has 0 heterocycles. The van der Waals surface area contributed by atoms with E-state index in [1.54, 1.807) is 0 Å². The van der Waals surface area contributed by atoms with Crippen LogP contribution in [-0.2, 0) is 4.79 Å². The van der Waals surface area contributed by atoms with Crippen LogP contribution in [-0.4, -0.2) is 29.3 Å². The van der Waals surface area contributed by atoms with Crippen LogP contribution in [0.25, 0.3) is 0 Å². The van der Waals surface area contributed by atoms with Crippen molar-refractivity contribution in [1.29, 1.82) is 0 Å². The van der Waals surface area contributed by atoms with Gasteiger partial charge in [0.05, 0.1) is 6.04 Å². The second-order valence-electron chi connectivity index (χ2n) is 4.29. The van der Waals surface area contributed by atoms with E-state index in [9.17, 15) is 4.79 Å². The van der Waals surface area contributed by atoms with Crippen molar-refractivity contribution >= 4 is 5.78 Å². The van der Waals surface area contributed by atoms with E-state index in [-0.39, 0.29) is 12.0 Å². The van der Waals surface area contributed by atoms with E-state index in [1.165, 1.54) is 12.8 Å². The summed E-state index contributed by atoms with van der Waals surface area (Å²) in [4.78, 5) is 14.1. The topological polar surface area (TPSA) is 20.3 Å². The van der Waals surface area contributed by atoms with Crippen LogP contribution < -0.4 is 0 Å². The van der Waals surface area contributed by atoms with Crippen molar-refractivity contribution in [3.8, 4) is 0 Å². The molecule has 1 saturated carbocycles. The number of carbonyl (C=O) groups excluding carboxylic acids is 1. The number of likely N-dealkylation sites (N-methyl/N-ethyl adjacent to an activating group) is 1. The molecule has 0 radical (unpaired) electrons. The number of Topliss-reactive ketones (excluding diaryl/α,β-unsaturated/α-hetero) is 1. The van der Waals surface area contributed by atoms with Crippen LogP contribution in [0.2, 0.25) is 0 Å². The second-order valence-corrected chi connectivity index (χ2v) is 4.29. The summed E-state index contributed by atoms with van der Waals surface area (Å²) in [6, 6.07) is 0.820. The molecule has 0 amide bonds. The largest absolute Gasteiger partial charge is 0.298 e. The van der Waals surface area contributed by atoms with Crippen molar-refractivity contribution in [3.63, 3.8) is 0 Å². The second kappa shape index (κ2) is 4.23. The van der Waals surface area contributed by atoms with Crippen molar-refractivity contribution in [2.24, 2.45) is 5.92 Å². The Balaban J connectivity index is 2.52. The minimum atomic E-state index is 0.123. The third-order valence-electron chi connectivity index (χ3n) is 2.86. The molecule has 0 N–H and O–H groups in total. The van der Waals surface area contributed by atoms with Crippen molar-refractivity contribution in [3.05, 3.63) is 0 Å². The maximum atomic E-state index is 11.7. The molecule has 2 heteroatoms. The molecule has 1 atom stereocenters. The van der Waals surface area contributed by atoms with Gasteiger partial charge in [0.15, 0.2) is 5.78 Å². The molecule has 1 rings (SSSR count). The number of hydrogen-bond acceptors (Lipinski definition) is 2. The van der Waals surface area contributed by atoms with E-state index in [1.807, 2.05) is 20.8 Å². The van der Waals surface area contributed by atoms with Gasteiger partial charge in [-0.05, 0) is 26.3 Å². The smallest absolute Gasteiger partial charge is 0.152 e. The van der Waals surface area contributed by atoms with Gasteiger partial charge >= 0.3 is 0 Å². The highest BCUT2D eigenvalue weighted by atomic mass is 16.1. The van der Waals surface area contributed by atoms with Crippen molar-refractivity contribution in [2.75, 3.05) is 6.54 Å². The third kappa shape index (κ3) is 2.53. The number of carbonyl (C=O) groups is 1. The number of rotatable bonds is 5. The molecule has 1 unspecified atom stereocenters. The van der Waals surface area contributed by atoms with E-state index in [0.717, 1.165) is 6.54 Å². The minimum absolute atomic E-state index is 0.123. The lowest BCUT2D eigenvalue weighted by Gasteiger charge is -2.27. The predicted molar refractivity (Wildman–Crippen MR) is 54.7 cm³/mol. The molecule has 2 nitrogen and oxygen atoms in total. The molecular weight excluding hydrogens is 162 g/mol. The lowest BCUT2D eigenvalue weighted by Crippen LogP contribution is -2.42. The first kappa shape index (κ1) is 10.7. The SMILES string of the molecule is CCN(C1CC1)C(C)C(=O)C(C)C. The number of hydrogen-bond donors (Lipinski definition) is 0. The Hall–Kier alpha value is -0.370. The number of ketones is 1. The number of nitrogens with zero attached hydrogens (tertiary/aromatic N) is 1. The molecule has 0 aromatic heterocycles. The average Bonchev–Trinajstić information content (AvgIpc) is 2.88. The van der Waals surface area contributed by atoms with E-state index >= 15 is 0 Å². The van der Waals surface area contributed by atoms with E-state index in [4.69, 9.17) is 0 Å². The summed E-state index contributed by atoms with van der Waals surface area (Å²) in [7, 11) is 0. The first-order chi connectivity index (χ1) is 6.07. The lowest BCUT2D eigenvalue weighted by atomic mass is 10.0. The van der Waals surface area contributed by atoms with Crippen LogP contribution in [0.5, 0.6) is 0 Å². The Morgan fingerprint density at radius 1 is 1.38 bits per heavy atom. The molecule has 0 aliphatic heterocycles. The van der Waals surface area contributed by atoms with Gasteiger partial charge in [-0.15, -0.1) is 0 Å². The first-order valence-corrected chi connectivity index (χ1v) is 5.37. The zero-order chi connectivity index (χ0) is 10.0. The summed E-state index contributed by atoms with van der Waals surface area (Å²) < 4.78 is 0. The summed E-state index contributed by atoms with van der Waals surface area (Å²) in [5.74, 6) is 0.552. The van der Waals surface area contributed by atoms with Gasteiger partial charge in [-0.3, -0.25) is 9.69 Å². The quantitative estimate of drug-likeness (QED) is 0.650. The van der Waals surface area contributed by atoms with Gasteiger partial charge in [0.1, 0.15) is 0 Å². The van der Waals surface area contributed by atoms with Crippen LogP contribution in [0, 0.1) is 5.92 Å². The molecule has 0 spiro atoms. The van der Waals surface area contributed by atoms with Crippen LogP contribution in [0.4, 0.5) is 0 Å². The first-order valence-electron chi connectivity index (χ1n) is 5.37. The van der Waals surface area contributed by atoms with E-state index < -0.39 is 0 Å². The normalized spacial score (nSPS) is 19.5. The molecule has 0 aromatic rings.